The van der Waals surface area contributed by atoms with E-state index in [4.69, 9.17) is 0 Å². The average molecular weight is 332 g/mol. The SMILES string of the molecule is Cc1ccc(CCC(=O)Nc2cccc(Br)c2)cc1C. The fourth-order valence-electron chi connectivity index (χ4n) is 2.01. The summed E-state index contributed by atoms with van der Waals surface area (Å²) in [6, 6.07) is 14.0. The molecule has 104 valence electrons. The Morgan fingerprint density at radius 1 is 1.10 bits per heavy atom. The van der Waals surface area contributed by atoms with E-state index in [2.05, 4.69) is 53.3 Å². The molecule has 0 aliphatic rings. The van der Waals surface area contributed by atoms with Crippen LogP contribution < -0.4 is 5.32 Å². The molecule has 0 radical (unpaired) electrons. The van der Waals surface area contributed by atoms with Crippen LogP contribution in [0.1, 0.15) is 23.1 Å². The zero-order valence-corrected chi connectivity index (χ0v) is 13.3. The third kappa shape index (κ3) is 4.20. The first kappa shape index (κ1) is 14.8. The number of hydrogen-bond acceptors (Lipinski definition) is 1. The van der Waals surface area contributed by atoms with Crippen LogP contribution in [-0.4, -0.2) is 5.91 Å². The minimum Gasteiger partial charge on any atom is -0.326 e. The lowest BCUT2D eigenvalue weighted by molar-refractivity contribution is -0.116. The normalized spacial score (nSPS) is 10.3. The average Bonchev–Trinajstić information content (AvgIpc) is 2.40. The van der Waals surface area contributed by atoms with Crippen molar-refractivity contribution in [2.24, 2.45) is 0 Å². The molecule has 2 aromatic carbocycles. The number of aryl methyl sites for hydroxylation is 3. The second-order valence-electron chi connectivity index (χ2n) is 4.98. The Hall–Kier alpha value is -1.61. The summed E-state index contributed by atoms with van der Waals surface area (Å²) in [5, 5.41) is 2.91. The van der Waals surface area contributed by atoms with Gasteiger partial charge in [-0.1, -0.05) is 40.2 Å². The van der Waals surface area contributed by atoms with Gasteiger partial charge in [0.25, 0.3) is 0 Å². The molecular formula is C17H18BrNO. The van der Waals surface area contributed by atoms with Crippen molar-refractivity contribution >= 4 is 27.5 Å². The molecule has 0 bridgehead atoms. The van der Waals surface area contributed by atoms with E-state index in [1.54, 1.807) is 0 Å². The molecule has 0 unspecified atom stereocenters. The lowest BCUT2D eigenvalue weighted by Gasteiger charge is -2.07. The summed E-state index contributed by atoms with van der Waals surface area (Å²) >= 11 is 3.39. The molecule has 0 spiro atoms. The Morgan fingerprint density at radius 2 is 1.90 bits per heavy atom. The van der Waals surface area contributed by atoms with Gasteiger partial charge in [-0.15, -0.1) is 0 Å². The van der Waals surface area contributed by atoms with Crippen LogP contribution in [0, 0.1) is 13.8 Å². The topological polar surface area (TPSA) is 29.1 Å². The third-order valence-electron chi connectivity index (χ3n) is 3.32. The van der Waals surface area contributed by atoms with E-state index in [0.29, 0.717) is 6.42 Å². The van der Waals surface area contributed by atoms with E-state index in [0.717, 1.165) is 16.6 Å². The Labute approximate surface area is 128 Å². The van der Waals surface area contributed by atoms with Crippen molar-refractivity contribution in [2.75, 3.05) is 5.32 Å². The molecule has 0 aliphatic heterocycles. The number of anilines is 1. The maximum absolute atomic E-state index is 11.9. The molecule has 0 aromatic heterocycles. The van der Waals surface area contributed by atoms with E-state index in [9.17, 15) is 4.79 Å². The zero-order valence-electron chi connectivity index (χ0n) is 11.7. The van der Waals surface area contributed by atoms with E-state index in [1.165, 1.54) is 16.7 Å². The number of rotatable bonds is 4. The van der Waals surface area contributed by atoms with Crippen LogP contribution in [0.4, 0.5) is 5.69 Å². The number of halogens is 1. The van der Waals surface area contributed by atoms with Gasteiger partial charge in [0, 0.05) is 16.6 Å². The van der Waals surface area contributed by atoms with Gasteiger partial charge in [0.15, 0.2) is 0 Å². The smallest absolute Gasteiger partial charge is 0.224 e. The molecular weight excluding hydrogens is 314 g/mol. The molecule has 1 N–H and O–H groups in total. The summed E-state index contributed by atoms with van der Waals surface area (Å²) in [6.45, 7) is 4.19. The van der Waals surface area contributed by atoms with Gasteiger partial charge in [0.2, 0.25) is 5.91 Å². The zero-order chi connectivity index (χ0) is 14.5. The van der Waals surface area contributed by atoms with Crippen molar-refractivity contribution < 1.29 is 4.79 Å². The molecule has 20 heavy (non-hydrogen) atoms. The van der Waals surface area contributed by atoms with Crippen molar-refractivity contribution in [3.63, 3.8) is 0 Å². The van der Waals surface area contributed by atoms with Gasteiger partial charge < -0.3 is 5.32 Å². The summed E-state index contributed by atoms with van der Waals surface area (Å²) in [7, 11) is 0. The van der Waals surface area contributed by atoms with Gasteiger partial charge in [0.1, 0.15) is 0 Å². The van der Waals surface area contributed by atoms with Crippen LogP contribution in [0.3, 0.4) is 0 Å². The molecule has 2 aromatic rings. The molecule has 1 amide bonds. The van der Waals surface area contributed by atoms with Gasteiger partial charge in [-0.3, -0.25) is 4.79 Å². The van der Waals surface area contributed by atoms with Crippen LogP contribution in [0.25, 0.3) is 0 Å². The monoisotopic (exact) mass is 331 g/mol. The maximum Gasteiger partial charge on any atom is 0.224 e. The minimum absolute atomic E-state index is 0.0429. The molecule has 0 saturated heterocycles. The quantitative estimate of drug-likeness (QED) is 0.868. The summed E-state index contributed by atoms with van der Waals surface area (Å²) in [6.07, 6.45) is 1.26. The highest BCUT2D eigenvalue weighted by Crippen LogP contribution is 2.16. The molecule has 0 atom stereocenters. The molecule has 0 fully saturated rings. The van der Waals surface area contributed by atoms with Crippen molar-refractivity contribution in [2.45, 2.75) is 26.7 Å². The first-order valence-corrected chi connectivity index (χ1v) is 7.45. The van der Waals surface area contributed by atoms with Gasteiger partial charge in [-0.05, 0) is 55.2 Å². The predicted molar refractivity (Wildman–Crippen MR) is 87.0 cm³/mol. The summed E-state index contributed by atoms with van der Waals surface area (Å²) in [5.74, 6) is 0.0429. The van der Waals surface area contributed by atoms with Gasteiger partial charge >= 0.3 is 0 Å². The van der Waals surface area contributed by atoms with Gasteiger partial charge in [-0.25, -0.2) is 0 Å². The molecule has 0 aliphatic carbocycles. The van der Waals surface area contributed by atoms with E-state index in [-0.39, 0.29) is 5.91 Å². The summed E-state index contributed by atoms with van der Waals surface area (Å²) in [4.78, 5) is 11.9. The van der Waals surface area contributed by atoms with Crippen molar-refractivity contribution in [1.82, 2.24) is 0 Å². The minimum atomic E-state index is 0.0429. The number of amides is 1. The fourth-order valence-corrected chi connectivity index (χ4v) is 2.41. The van der Waals surface area contributed by atoms with Crippen LogP contribution in [0.5, 0.6) is 0 Å². The Balaban J connectivity index is 1.90. The second kappa shape index (κ2) is 6.71. The Kier molecular flexibility index (Phi) is 4.96. The van der Waals surface area contributed by atoms with Crippen molar-refractivity contribution in [3.8, 4) is 0 Å². The number of carbonyl (C=O) groups excluding carboxylic acids is 1. The van der Waals surface area contributed by atoms with E-state index < -0.39 is 0 Å². The van der Waals surface area contributed by atoms with Crippen LogP contribution in [0.2, 0.25) is 0 Å². The molecule has 0 heterocycles. The van der Waals surface area contributed by atoms with E-state index in [1.807, 2.05) is 24.3 Å². The van der Waals surface area contributed by atoms with Gasteiger partial charge in [-0.2, -0.15) is 0 Å². The Bertz CT molecular complexity index is 622. The molecule has 0 saturated carbocycles. The third-order valence-corrected chi connectivity index (χ3v) is 3.81. The maximum atomic E-state index is 11.9. The predicted octanol–water partition coefficient (Wildman–Crippen LogP) is 4.64. The summed E-state index contributed by atoms with van der Waals surface area (Å²) in [5.41, 5.74) is 4.59. The lowest BCUT2D eigenvalue weighted by atomic mass is 10.0. The number of hydrogen-bond donors (Lipinski definition) is 1. The highest BCUT2D eigenvalue weighted by atomic mass is 79.9. The second-order valence-corrected chi connectivity index (χ2v) is 5.89. The Morgan fingerprint density at radius 3 is 2.60 bits per heavy atom. The highest BCUT2D eigenvalue weighted by molar-refractivity contribution is 9.10. The number of carbonyl (C=O) groups is 1. The fraction of sp³-hybridized carbons (Fsp3) is 0.235. The number of nitrogens with one attached hydrogen (secondary N) is 1. The van der Waals surface area contributed by atoms with Crippen LogP contribution in [0.15, 0.2) is 46.9 Å². The van der Waals surface area contributed by atoms with Crippen LogP contribution in [-0.2, 0) is 11.2 Å². The van der Waals surface area contributed by atoms with Crippen LogP contribution >= 0.6 is 15.9 Å². The largest absolute Gasteiger partial charge is 0.326 e. The number of benzene rings is 2. The summed E-state index contributed by atoms with van der Waals surface area (Å²) < 4.78 is 0.962. The molecule has 2 rings (SSSR count). The standard InChI is InChI=1S/C17H18BrNO/c1-12-6-7-14(10-13(12)2)8-9-17(20)19-16-5-3-4-15(18)11-16/h3-7,10-11H,8-9H2,1-2H3,(H,19,20). The first-order chi connectivity index (χ1) is 9.54. The van der Waals surface area contributed by atoms with Crippen molar-refractivity contribution in [1.29, 1.82) is 0 Å². The first-order valence-electron chi connectivity index (χ1n) is 6.66. The van der Waals surface area contributed by atoms with Crippen molar-refractivity contribution in [3.05, 3.63) is 63.6 Å². The molecule has 2 nitrogen and oxygen atoms in total. The van der Waals surface area contributed by atoms with Gasteiger partial charge in [0.05, 0.1) is 0 Å². The highest BCUT2D eigenvalue weighted by Gasteiger charge is 2.04. The van der Waals surface area contributed by atoms with E-state index >= 15 is 0 Å². The molecule has 3 heteroatoms. The lowest BCUT2D eigenvalue weighted by Crippen LogP contribution is -2.12.